The first-order valence-corrected chi connectivity index (χ1v) is 11.7. The summed E-state index contributed by atoms with van der Waals surface area (Å²) in [7, 11) is 1.74. The molecule has 0 bridgehead atoms. The number of hydrogen-bond donors (Lipinski definition) is 0. The molecule has 0 amide bonds. The van der Waals surface area contributed by atoms with Crippen molar-refractivity contribution in [1.29, 1.82) is 0 Å². The van der Waals surface area contributed by atoms with Crippen LogP contribution < -0.4 is 4.74 Å². The number of para-hydroxylation sites is 1. The number of piperazine rings is 1. The summed E-state index contributed by atoms with van der Waals surface area (Å²) in [6, 6.07) is 19.4. The molecular formula is C25H32N6O. The van der Waals surface area contributed by atoms with Crippen molar-refractivity contribution in [2.24, 2.45) is 0 Å². The van der Waals surface area contributed by atoms with Gasteiger partial charge in [-0.25, -0.2) is 4.68 Å². The molecule has 2 heterocycles. The number of ether oxygens (including phenoxy) is 1. The lowest BCUT2D eigenvalue weighted by Gasteiger charge is -2.39. The first kappa shape index (κ1) is 21.1. The number of methoxy groups -OCH3 is 1. The zero-order valence-corrected chi connectivity index (χ0v) is 18.8. The van der Waals surface area contributed by atoms with Gasteiger partial charge in [-0.15, -0.1) is 5.10 Å². The number of nitrogens with zero attached hydrogens (tertiary/aromatic N) is 6. The van der Waals surface area contributed by atoms with Gasteiger partial charge in [0, 0.05) is 38.3 Å². The van der Waals surface area contributed by atoms with E-state index >= 15 is 0 Å². The molecule has 32 heavy (non-hydrogen) atoms. The fourth-order valence-electron chi connectivity index (χ4n) is 5.20. The van der Waals surface area contributed by atoms with Crippen molar-refractivity contribution in [3.8, 4) is 5.75 Å². The minimum absolute atomic E-state index is 0.0133. The molecule has 168 valence electrons. The van der Waals surface area contributed by atoms with E-state index < -0.39 is 0 Å². The maximum atomic E-state index is 5.77. The van der Waals surface area contributed by atoms with Crippen molar-refractivity contribution in [1.82, 2.24) is 30.0 Å². The van der Waals surface area contributed by atoms with Gasteiger partial charge in [0.05, 0.1) is 13.2 Å². The van der Waals surface area contributed by atoms with Crippen LogP contribution in [0.4, 0.5) is 0 Å². The Hall–Kier alpha value is -2.77. The van der Waals surface area contributed by atoms with Crippen LogP contribution in [-0.4, -0.2) is 63.3 Å². The average Bonchev–Trinajstić information content (AvgIpc) is 3.54. The maximum absolute atomic E-state index is 5.77. The molecule has 3 aromatic rings. The molecule has 1 saturated heterocycles. The summed E-state index contributed by atoms with van der Waals surface area (Å²) in [6.07, 6.45) is 4.81. The van der Waals surface area contributed by atoms with Crippen LogP contribution in [0.25, 0.3) is 0 Å². The van der Waals surface area contributed by atoms with Gasteiger partial charge in [-0.05, 0) is 34.9 Å². The number of benzene rings is 2. The lowest BCUT2D eigenvalue weighted by molar-refractivity contribution is 0.0983. The largest absolute Gasteiger partial charge is 0.496 e. The van der Waals surface area contributed by atoms with Crippen molar-refractivity contribution in [2.75, 3.05) is 33.3 Å². The van der Waals surface area contributed by atoms with Gasteiger partial charge in [0.15, 0.2) is 5.82 Å². The zero-order valence-electron chi connectivity index (χ0n) is 18.8. The Bertz CT molecular complexity index is 992. The van der Waals surface area contributed by atoms with Crippen LogP contribution in [0.5, 0.6) is 5.75 Å². The number of tetrazole rings is 1. The summed E-state index contributed by atoms with van der Waals surface area (Å²) < 4.78 is 7.86. The summed E-state index contributed by atoms with van der Waals surface area (Å²) in [5, 5.41) is 13.1. The molecule has 1 aliphatic carbocycles. The zero-order chi connectivity index (χ0) is 21.8. The topological polar surface area (TPSA) is 59.3 Å². The number of aromatic nitrogens is 4. The van der Waals surface area contributed by atoms with E-state index in [1.807, 2.05) is 12.1 Å². The third kappa shape index (κ3) is 4.40. The highest BCUT2D eigenvalue weighted by atomic mass is 16.5. The van der Waals surface area contributed by atoms with Crippen LogP contribution in [-0.2, 0) is 6.54 Å². The second-order valence-corrected chi connectivity index (χ2v) is 8.86. The summed E-state index contributed by atoms with van der Waals surface area (Å²) in [6.45, 7) is 4.96. The van der Waals surface area contributed by atoms with E-state index in [1.54, 1.807) is 7.11 Å². The fraction of sp³-hybridized carbons (Fsp3) is 0.480. The van der Waals surface area contributed by atoms with E-state index in [4.69, 9.17) is 4.74 Å². The van der Waals surface area contributed by atoms with Crippen LogP contribution in [0, 0.1) is 0 Å². The molecule has 2 aromatic carbocycles. The number of hydrogen-bond acceptors (Lipinski definition) is 6. The van der Waals surface area contributed by atoms with E-state index in [-0.39, 0.29) is 6.04 Å². The molecule has 1 atom stereocenters. The first-order chi connectivity index (χ1) is 15.8. The van der Waals surface area contributed by atoms with E-state index in [0.29, 0.717) is 6.04 Å². The third-order valence-corrected chi connectivity index (χ3v) is 6.89. The monoisotopic (exact) mass is 432 g/mol. The maximum Gasteiger partial charge on any atom is 0.173 e. The Balaban J connectivity index is 1.41. The third-order valence-electron chi connectivity index (χ3n) is 6.89. The van der Waals surface area contributed by atoms with Crippen molar-refractivity contribution in [2.45, 2.75) is 44.3 Å². The molecule has 1 aromatic heterocycles. The Morgan fingerprint density at radius 1 is 0.938 bits per heavy atom. The van der Waals surface area contributed by atoms with Gasteiger partial charge >= 0.3 is 0 Å². The van der Waals surface area contributed by atoms with E-state index in [2.05, 4.69) is 72.5 Å². The van der Waals surface area contributed by atoms with Crippen molar-refractivity contribution < 1.29 is 4.74 Å². The molecule has 7 nitrogen and oxygen atoms in total. The summed E-state index contributed by atoms with van der Waals surface area (Å²) in [4.78, 5) is 5.06. The molecule has 2 fully saturated rings. The highest BCUT2D eigenvalue weighted by Crippen LogP contribution is 2.37. The molecular weight excluding hydrogens is 400 g/mol. The number of rotatable bonds is 7. The van der Waals surface area contributed by atoms with Crippen molar-refractivity contribution in [3.63, 3.8) is 0 Å². The normalized spacial score (nSPS) is 19.3. The molecule has 7 heteroatoms. The second kappa shape index (κ2) is 9.79. The molecule has 5 rings (SSSR count). The molecule has 1 saturated carbocycles. The smallest absolute Gasteiger partial charge is 0.173 e. The van der Waals surface area contributed by atoms with Crippen LogP contribution >= 0.6 is 0 Å². The molecule has 2 aliphatic rings. The second-order valence-electron chi connectivity index (χ2n) is 8.86. The Kier molecular flexibility index (Phi) is 6.46. The quantitative estimate of drug-likeness (QED) is 0.567. The molecule has 1 aliphatic heterocycles. The van der Waals surface area contributed by atoms with Crippen molar-refractivity contribution in [3.05, 3.63) is 71.5 Å². The minimum Gasteiger partial charge on any atom is -0.496 e. The highest BCUT2D eigenvalue weighted by molar-refractivity contribution is 5.39. The molecule has 0 N–H and O–H groups in total. The summed E-state index contributed by atoms with van der Waals surface area (Å²) in [5.41, 5.74) is 2.51. The Labute approximate surface area is 190 Å². The lowest BCUT2D eigenvalue weighted by atomic mass is 10.0. The van der Waals surface area contributed by atoms with E-state index in [0.717, 1.165) is 62.7 Å². The standard InChI is InChI=1S/C25H32N6O/c1-32-23-14-8-7-13-22(23)24(25-26-27-28-31(25)21-11-5-6-12-21)30-17-15-29(16-18-30)19-20-9-3-2-4-10-20/h2-4,7-10,13-14,21,24H,5-6,11-12,15-19H2,1H3. The van der Waals surface area contributed by atoms with E-state index in [9.17, 15) is 0 Å². The van der Waals surface area contributed by atoms with Gasteiger partial charge in [-0.2, -0.15) is 0 Å². The van der Waals surface area contributed by atoms with Crippen LogP contribution in [0.1, 0.15) is 54.7 Å². The van der Waals surface area contributed by atoms with Crippen LogP contribution in [0.2, 0.25) is 0 Å². The van der Waals surface area contributed by atoms with Gasteiger partial charge in [0.2, 0.25) is 0 Å². The molecule has 1 unspecified atom stereocenters. The predicted octanol–water partition coefficient (Wildman–Crippen LogP) is 3.70. The predicted molar refractivity (Wildman–Crippen MR) is 123 cm³/mol. The van der Waals surface area contributed by atoms with Gasteiger partial charge in [0.1, 0.15) is 11.8 Å². The Morgan fingerprint density at radius 2 is 1.66 bits per heavy atom. The summed E-state index contributed by atoms with van der Waals surface area (Å²) in [5.74, 6) is 1.84. The average molecular weight is 433 g/mol. The van der Waals surface area contributed by atoms with E-state index in [1.165, 1.54) is 18.4 Å². The summed E-state index contributed by atoms with van der Waals surface area (Å²) >= 11 is 0. The van der Waals surface area contributed by atoms with Crippen molar-refractivity contribution >= 4 is 0 Å². The van der Waals surface area contributed by atoms with Crippen LogP contribution in [0.15, 0.2) is 54.6 Å². The van der Waals surface area contributed by atoms with Gasteiger partial charge in [0.25, 0.3) is 0 Å². The highest BCUT2D eigenvalue weighted by Gasteiger charge is 2.34. The molecule has 0 spiro atoms. The van der Waals surface area contributed by atoms with Gasteiger partial charge in [-0.1, -0.05) is 61.4 Å². The lowest BCUT2D eigenvalue weighted by Crippen LogP contribution is -2.48. The molecule has 0 radical (unpaired) electrons. The minimum atomic E-state index is -0.0133. The van der Waals surface area contributed by atoms with Crippen LogP contribution in [0.3, 0.4) is 0 Å². The Morgan fingerprint density at radius 3 is 2.41 bits per heavy atom. The van der Waals surface area contributed by atoms with Gasteiger partial charge in [-0.3, -0.25) is 9.80 Å². The fourth-order valence-corrected chi connectivity index (χ4v) is 5.20. The van der Waals surface area contributed by atoms with Gasteiger partial charge < -0.3 is 4.74 Å². The SMILES string of the molecule is COc1ccccc1C(c1nnnn1C1CCCC1)N1CCN(Cc2ccccc2)CC1. The first-order valence-electron chi connectivity index (χ1n) is 11.7.